The Bertz CT molecular complexity index is 329. The van der Waals surface area contributed by atoms with E-state index >= 15 is 0 Å². The molecule has 1 amide bonds. The minimum Gasteiger partial charge on any atom is -0.341 e. The number of nitrogens with zero attached hydrogens (tertiary/aromatic N) is 1. The lowest BCUT2D eigenvalue weighted by Gasteiger charge is -2.44. The molecule has 0 bridgehead atoms. The van der Waals surface area contributed by atoms with Crippen molar-refractivity contribution in [2.75, 3.05) is 13.1 Å². The van der Waals surface area contributed by atoms with E-state index in [1.165, 1.54) is 32.1 Å². The zero-order valence-electron chi connectivity index (χ0n) is 11.2. The van der Waals surface area contributed by atoms with Crippen molar-refractivity contribution < 1.29 is 4.79 Å². The third-order valence-corrected chi connectivity index (χ3v) is 4.70. The highest BCUT2D eigenvalue weighted by Crippen LogP contribution is 2.44. The number of carbonyl (C=O) groups is 1. The van der Waals surface area contributed by atoms with Gasteiger partial charge in [-0.05, 0) is 31.1 Å². The topological polar surface area (TPSA) is 46.3 Å². The molecule has 2 N–H and O–H groups in total. The number of hydrogen-bond acceptors (Lipinski definition) is 2. The summed E-state index contributed by atoms with van der Waals surface area (Å²) < 4.78 is 0. The van der Waals surface area contributed by atoms with Crippen LogP contribution in [0.15, 0.2) is 0 Å². The van der Waals surface area contributed by atoms with E-state index < -0.39 is 6.04 Å². The summed E-state index contributed by atoms with van der Waals surface area (Å²) in [7, 11) is 0. The number of rotatable bonds is 2. The first kappa shape index (κ1) is 13.4. The van der Waals surface area contributed by atoms with Crippen molar-refractivity contribution in [1.29, 1.82) is 0 Å². The molecule has 1 aliphatic carbocycles. The number of nitrogens with two attached hydrogens (primary N) is 1. The zero-order chi connectivity index (χ0) is 13.0. The van der Waals surface area contributed by atoms with E-state index in [4.69, 9.17) is 12.2 Å². The summed E-state index contributed by atoms with van der Waals surface area (Å²) in [6, 6.07) is -0.504. The Labute approximate surface area is 110 Å². The molecule has 1 saturated heterocycles. The highest BCUT2D eigenvalue weighted by Gasteiger charge is 2.37. The second-order valence-corrected chi connectivity index (χ2v) is 5.90. The number of piperidine rings is 1. The van der Waals surface area contributed by atoms with Gasteiger partial charge in [0.25, 0.3) is 0 Å². The van der Waals surface area contributed by atoms with Crippen LogP contribution in [0.25, 0.3) is 0 Å². The first-order valence-electron chi connectivity index (χ1n) is 7.15. The normalized spacial score (nSPS) is 24.6. The molecule has 0 aromatic heterocycles. The molecule has 3 heteroatoms. The molecule has 1 spiro atoms. The van der Waals surface area contributed by atoms with Gasteiger partial charge in [0.15, 0.2) is 0 Å². The molecule has 1 unspecified atom stereocenters. The fraction of sp³-hybridized carbons (Fsp3) is 0.800. The average Bonchev–Trinajstić information content (AvgIpc) is 2.40. The molecule has 3 nitrogen and oxygen atoms in total. The lowest BCUT2D eigenvalue weighted by atomic mass is 9.68. The molecule has 2 rings (SSSR count). The van der Waals surface area contributed by atoms with Gasteiger partial charge in [0, 0.05) is 19.5 Å². The van der Waals surface area contributed by atoms with E-state index in [2.05, 4.69) is 5.92 Å². The lowest BCUT2D eigenvalue weighted by molar-refractivity contribution is -0.135. The van der Waals surface area contributed by atoms with Gasteiger partial charge in [-0.15, -0.1) is 12.3 Å². The van der Waals surface area contributed by atoms with Gasteiger partial charge in [-0.1, -0.05) is 19.3 Å². The summed E-state index contributed by atoms with van der Waals surface area (Å²) in [4.78, 5) is 14.0. The van der Waals surface area contributed by atoms with Crippen molar-refractivity contribution >= 4 is 5.91 Å². The first-order valence-corrected chi connectivity index (χ1v) is 7.15. The first-order chi connectivity index (χ1) is 8.67. The number of likely N-dealkylation sites (tertiary alicyclic amines) is 1. The molecule has 2 aliphatic rings. The van der Waals surface area contributed by atoms with Crippen LogP contribution in [0.2, 0.25) is 0 Å². The largest absolute Gasteiger partial charge is 0.341 e. The van der Waals surface area contributed by atoms with E-state index in [0.29, 0.717) is 11.8 Å². The van der Waals surface area contributed by atoms with Crippen LogP contribution in [0, 0.1) is 17.8 Å². The molecule has 18 heavy (non-hydrogen) atoms. The third kappa shape index (κ3) is 2.87. The van der Waals surface area contributed by atoms with Gasteiger partial charge in [0.2, 0.25) is 5.91 Å². The summed E-state index contributed by atoms with van der Waals surface area (Å²) in [6.07, 6.45) is 14.7. The van der Waals surface area contributed by atoms with Gasteiger partial charge in [0.05, 0.1) is 6.04 Å². The Morgan fingerprint density at radius 3 is 2.39 bits per heavy atom. The van der Waals surface area contributed by atoms with Crippen LogP contribution in [0.1, 0.15) is 51.4 Å². The van der Waals surface area contributed by atoms with Gasteiger partial charge >= 0.3 is 0 Å². The Morgan fingerprint density at radius 2 is 1.83 bits per heavy atom. The summed E-state index contributed by atoms with van der Waals surface area (Å²) in [5, 5.41) is 0. The van der Waals surface area contributed by atoms with Crippen LogP contribution in [0.4, 0.5) is 0 Å². The minimum atomic E-state index is -0.504. The molecule has 100 valence electrons. The molecule has 1 saturated carbocycles. The maximum atomic E-state index is 12.1. The van der Waals surface area contributed by atoms with Crippen molar-refractivity contribution in [3.05, 3.63) is 0 Å². The van der Waals surface area contributed by atoms with Crippen molar-refractivity contribution in [2.24, 2.45) is 11.1 Å². The van der Waals surface area contributed by atoms with Crippen LogP contribution in [0.3, 0.4) is 0 Å². The summed E-state index contributed by atoms with van der Waals surface area (Å²) in [5.74, 6) is 2.51. The quantitative estimate of drug-likeness (QED) is 0.759. The predicted molar refractivity (Wildman–Crippen MR) is 72.8 cm³/mol. The van der Waals surface area contributed by atoms with E-state index in [9.17, 15) is 4.79 Å². The Morgan fingerprint density at radius 1 is 1.22 bits per heavy atom. The van der Waals surface area contributed by atoms with Crippen LogP contribution in [0.5, 0.6) is 0 Å². The van der Waals surface area contributed by atoms with Crippen LogP contribution < -0.4 is 5.73 Å². The van der Waals surface area contributed by atoms with Gasteiger partial charge < -0.3 is 10.6 Å². The standard InChI is InChI=1S/C15H24N2O/c1-2-6-13(16)14(18)17-11-9-15(10-12-17)7-4-3-5-8-15/h1,13H,3-12,16H2. The molecule has 0 aromatic carbocycles. The maximum Gasteiger partial charge on any atom is 0.240 e. The fourth-order valence-electron chi connectivity index (χ4n) is 3.45. The average molecular weight is 248 g/mol. The van der Waals surface area contributed by atoms with Crippen LogP contribution in [-0.4, -0.2) is 29.9 Å². The molecule has 1 aliphatic heterocycles. The molecular formula is C15H24N2O. The van der Waals surface area contributed by atoms with Crippen molar-refractivity contribution in [3.8, 4) is 12.3 Å². The second-order valence-electron chi connectivity index (χ2n) is 5.90. The fourth-order valence-corrected chi connectivity index (χ4v) is 3.45. The monoisotopic (exact) mass is 248 g/mol. The summed E-state index contributed by atoms with van der Waals surface area (Å²) in [5.41, 5.74) is 6.33. The Hall–Kier alpha value is -1.01. The molecule has 1 atom stereocenters. The van der Waals surface area contributed by atoms with Crippen LogP contribution in [-0.2, 0) is 4.79 Å². The van der Waals surface area contributed by atoms with Gasteiger partial charge in [0.1, 0.15) is 0 Å². The van der Waals surface area contributed by atoms with E-state index in [-0.39, 0.29) is 5.91 Å². The lowest BCUT2D eigenvalue weighted by Crippen LogP contribution is -2.49. The van der Waals surface area contributed by atoms with E-state index in [1.54, 1.807) is 0 Å². The predicted octanol–water partition coefficient (Wildman–Crippen LogP) is 1.91. The van der Waals surface area contributed by atoms with Crippen molar-refractivity contribution in [3.63, 3.8) is 0 Å². The summed E-state index contributed by atoms with van der Waals surface area (Å²) >= 11 is 0. The number of terminal acetylenes is 1. The Balaban J connectivity index is 1.86. The zero-order valence-corrected chi connectivity index (χ0v) is 11.2. The molecule has 2 fully saturated rings. The Kier molecular flexibility index (Phi) is 4.29. The molecule has 0 aromatic rings. The van der Waals surface area contributed by atoms with Gasteiger partial charge in [-0.3, -0.25) is 4.79 Å². The smallest absolute Gasteiger partial charge is 0.240 e. The maximum absolute atomic E-state index is 12.1. The van der Waals surface area contributed by atoms with Crippen molar-refractivity contribution in [2.45, 2.75) is 57.4 Å². The number of hydrogen-bond donors (Lipinski definition) is 1. The van der Waals surface area contributed by atoms with E-state index in [0.717, 1.165) is 25.9 Å². The summed E-state index contributed by atoms with van der Waals surface area (Å²) in [6.45, 7) is 1.74. The highest BCUT2D eigenvalue weighted by atomic mass is 16.2. The third-order valence-electron chi connectivity index (χ3n) is 4.70. The number of amides is 1. The van der Waals surface area contributed by atoms with Crippen LogP contribution >= 0.6 is 0 Å². The molecule has 0 radical (unpaired) electrons. The SMILES string of the molecule is C#CCC(N)C(=O)N1CCC2(CCCCC2)CC1. The van der Waals surface area contributed by atoms with Gasteiger partial charge in [-0.2, -0.15) is 0 Å². The second kappa shape index (κ2) is 5.75. The highest BCUT2D eigenvalue weighted by molar-refractivity contribution is 5.82. The molecule has 1 heterocycles. The van der Waals surface area contributed by atoms with Crippen molar-refractivity contribution in [1.82, 2.24) is 4.90 Å². The minimum absolute atomic E-state index is 0.0404. The number of carbonyl (C=O) groups excluding carboxylic acids is 1. The van der Waals surface area contributed by atoms with Gasteiger partial charge in [-0.25, -0.2) is 0 Å². The molecular weight excluding hydrogens is 224 g/mol. The van der Waals surface area contributed by atoms with E-state index in [1.807, 2.05) is 4.90 Å².